The van der Waals surface area contributed by atoms with Crippen molar-refractivity contribution >= 4 is 24.6 Å². The third kappa shape index (κ3) is 7.11. The van der Waals surface area contributed by atoms with Crippen LogP contribution in [-0.4, -0.2) is 28.8 Å². The minimum absolute atomic E-state index is 0.0434. The average molecular weight is 423 g/mol. The second kappa shape index (κ2) is 9.70. The molecule has 0 aromatic heterocycles. The number of esters is 1. The predicted molar refractivity (Wildman–Crippen MR) is 119 cm³/mol. The van der Waals surface area contributed by atoms with Crippen LogP contribution in [0, 0.1) is 0 Å². The number of aliphatic carboxylic acids is 1. The van der Waals surface area contributed by atoms with Crippen LogP contribution in [0.5, 0.6) is 5.75 Å². The summed E-state index contributed by atoms with van der Waals surface area (Å²) in [7, 11) is 0. The molecule has 1 aromatic rings. The van der Waals surface area contributed by atoms with Crippen molar-refractivity contribution < 1.29 is 24.5 Å². The fraction of sp³-hybridized carbons (Fsp3) is 0.565. The maximum Gasteiger partial charge on any atom is 0.343 e. The molecule has 1 aromatic carbocycles. The van der Waals surface area contributed by atoms with Gasteiger partial charge in [-0.1, -0.05) is 60.3 Å². The lowest BCUT2D eigenvalue weighted by Crippen LogP contribution is -2.20. The average Bonchev–Trinajstić information content (AvgIpc) is 2.55. The van der Waals surface area contributed by atoms with Gasteiger partial charge in [-0.2, -0.15) is 0 Å². The third-order valence-corrected chi connectivity index (χ3v) is 4.99. The Balaban J connectivity index is 3.11. The number of rotatable bonds is 8. The van der Waals surface area contributed by atoms with Crippen LogP contribution >= 0.6 is 12.6 Å². The number of thiol groups is 1. The number of carboxylic acid groups (broad SMARTS) is 1. The van der Waals surface area contributed by atoms with Gasteiger partial charge < -0.3 is 14.9 Å². The molecule has 0 spiro atoms. The molecule has 1 rings (SSSR count). The fourth-order valence-corrected chi connectivity index (χ4v) is 3.20. The summed E-state index contributed by atoms with van der Waals surface area (Å²) in [4.78, 5) is 23.4. The number of carbonyl (C=O) groups is 2. The Kier molecular flexibility index (Phi) is 8.39. The lowest BCUT2D eigenvalue weighted by atomic mass is 9.76. The molecule has 5 nitrogen and oxygen atoms in total. The Hall–Kier alpha value is -1.95. The Bertz CT molecular complexity index is 733. The summed E-state index contributed by atoms with van der Waals surface area (Å²) in [6, 6.07) is 3.63. The molecular weight excluding hydrogens is 388 g/mol. The first-order chi connectivity index (χ1) is 13.2. The van der Waals surface area contributed by atoms with Crippen molar-refractivity contribution in [2.24, 2.45) is 0 Å². The highest BCUT2D eigenvalue weighted by Gasteiger charge is 2.29. The minimum atomic E-state index is -0.906. The zero-order valence-electron chi connectivity index (χ0n) is 18.3. The van der Waals surface area contributed by atoms with E-state index >= 15 is 0 Å². The van der Waals surface area contributed by atoms with E-state index in [1.807, 2.05) is 53.7 Å². The fourth-order valence-electron chi connectivity index (χ4n) is 3.13. The second-order valence-electron chi connectivity index (χ2n) is 9.43. The molecule has 0 aliphatic carbocycles. The summed E-state index contributed by atoms with van der Waals surface area (Å²) < 4.78 is 5.00. The van der Waals surface area contributed by atoms with Crippen molar-refractivity contribution in [3.8, 4) is 5.75 Å². The Labute approximate surface area is 179 Å². The van der Waals surface area contributed by atoms with Crippen LogP contribution in [0.3, 0.4) is 0 Å². The highest BCUT2D eigenvalue weighted by molar-refractivity contribution is 7.85. The number of carbonyl (C=O) groups excluding carboxylic acids is 1. The van der Waals surface area contributed by atoms with Gasteiger partial charge in [-0.25, -0.2) is 4.79 Å². The Morgan fingerprint density at radius 3 is 1.93 bits per heavy atom. The highest BCUT2D eigenvalue weighted by atomic mass is 32.1. The summed E-state index contributed by atoms with van der Waals surface area (Å²) in [6.45, 7) is 15.6. The topological polar surface area (TPSA) is 83.8 Å². The summed E-state index contributed by atoms with van der Waals surface area (Å²) in [5, 5.41) is 20.7. The van der Waals surface area contributed by atoms with Crippen LogP contribution in [0.25, 0.3) is 0 Å². The summed E-state index contributed by atoms with van der Waals surface area (Å²) in [6.07, 6.45) is 1.54. The van der Waals surface area contributed by atoms with Crippen LogP contribution in [0.4, 0.5) is 0 Å². The van der Waals surface area contributed by atoms with E-state index in [0.717, 1.165) is 11.1 Å². The van der Waals surface area contributed by atoms with Gasteiger partial charge in [-0.05, 0) is 46.8 Å². The van der Waals surface area contributed by atoms with Gasteiger partial charge in [0.05, 0.1) is 17.4 Å². The van der Waals surface area contributed by atoms with Crippen molar-refractivity contribution in [3.05, 3.63) is 40.3 Å². The first-order valence-electron chi connectivity index (χ1n) is 9.82. The number of phenols is 1. The van der Waals surface area contributed by atoms with Crippen LogP contribution in [0.2, 0.25) is 0 Å². The van der Waals surface area contributed by atoms with Crippen molar-refractivity contribution in [1.29, 1.82) is 0 Å². The summed E-state index contributed by atoms with van der Waals surface area (Å²) >= 11 is 3.83. The number of hydrogen-bond donors (Lipinski definition) is 3. The molecule has 0 saturated carbocycles. The van der Waals surface area contributed by atoms with E-state index < -0.39 is 17.9 Å². The Morgan fingerprint density at radius 1 is 1.07 bits per heavy atom. The number of aromatic hydroxyl groups is 1. The van der Waals surface area contributed by atoms with E-state index in [2.05, 4.69) is 19.2 Å². The molecule has 1 atom stereocenters. The number of hydrogen-bond acceptors (Lipinski definition) is 5. The van der Waals surface area contributed by atoms with Crippen molar-refractivity contribution in [2.45, 2.75) is 77.6 Å². The maximum atomic E-state index is 12.0. The van der Waals surface area contributed by atoms with Gasteiger partial charge >= 0.3 is 11.9 Å². The van der Waals surface area contributed by atoms with Crippen molar-refractivity contribution in [3.63, 3.8) is 0 Å². The van der Waals surface area contributed by atoms with Gasteiger partial charge in [0.1, 0.15) is 5.75 Å². The first kappa shape index (κ1) is 25.1. The number of carboxylic acids is 1. The molecule has 0 saturated heterocycles. The normalized spacial score (nSPS) is 13.1. The van der Waals surface area contributed by atoms with Gasteiger partial charge in [0.15, 0.2) is 0 Å². The predicted octanol–water partition coefficient (Wildman–Crippen LogP) is 5.31. The molecule has 0 fully saturated rings. The first-order valence-corrected chi connectivity index (χ1v) is 10.3. The van der Waals surface area contributed by atoms with E-state index in [4.69, 9.17) is 4.74 Å². The second-order valence-corrected chi connectivity index (χ2v) is 9.97. The molecule has 0 aliphatic heterocycles. The van der Waals surface area contributed by atoms with Crippen LogP contribution in [-0.2, 0) is 25.2 Å². The number of phenolic OH excluding ortho intramolecular Hbond substituents is 1. The molecule has 0 bridgehead atoms. The van der Waals surface area contributed by atoms with Gasteiger partial charge in [-0.3, -0.25) is 4.79 Å². The van der Waals surface area contributed by atoms with E-state index in [0.29, 0.717) is 24.8 Å². The lowest BCUT2D eigenvalue weighted by Gasteiger charge is -2.29. The maximum absolute atomic E-state index is 12.0. The molecule has 0 amide bonds. The Morgan fingerprint density at radius 2 is 1.55 bits per heavy atom. The number of unbranched alkanes of at least 4 members (excludes halogenated alkanes) is 1. The quantitative estimate of drug-likeness (QED) is 0.229. The van der Waals surface area contributed by atoms with E-state index in [9.17, 15) is 19.8 Å². The van der Waals surface area contributed by atoms with Crippen LogP contribution in [0.1, 0.15) is 83.4 Å². The van der Waals surface area contributed by atoms with Crippen molar-refractivity contribution in [1.82, 2.24) is 0 Å². The lowest BCUT2D eigenvalue weighted by molar-refractivity contribution is -0.140. The van der Waals surface area contributed by atoms with Crippen molar-refractivity contribution in [2.75, 3.05) is 6.61 Å². The largest absolute Gasteiger partial charge is 0.507 e. The smallest absolute Gasteiger partial charge is 0.343 e. The van der Waals surface area contributed by atoms with Gasteiger partial charge in [-0.15, -0.1) is 12.6 Å². The summed E-state index contributed by atoms with van der Waals surface area (Å²) in [5.41, 5.74) is 1.52. The molecular formula is C23H34O5S. The molecule has 0 aliphatic rings. The van der Waals surface area contributed by atoms with E-state index in [1.165, 1.54) is 0 Å². The number of benzene rings is 1. The monoisotopic (exact) mass is 422 g/mol. The molecule has 0 heterocycles. The van der Waals surface area contributed by atoms with Crippen LogP contribution < -0.4 is 0 Å². The molecule has 1 unspecified atom stereocenters. The molecule has 29 heavy (non-hydrogen) atoms. The standard InChI is InChI=1S/C23H34O5S/c1-14(29)21(27)28-11-9-8-10-16(20(25)26)15-12-17(22(2,3)4)19(24)18(13-15)23(5,6)7/h12-13,16,24,29H,1,8-11H2,2-7H3,(H,25,26). The third-order valence-electron chi connectivity index (χ3n) is 4.80. The molecule has 2 N–H and O–H groups in total. The molecule has 6 heteroatoms. The summed E-state index contributed by atoms with van der Waals surface area (Å²) in [5.74, 6) is -1.94. The highest BCUT2D eigenvalue weighted by Crippen LogP contribution is 2.41. The zero-order chi connectivity index (χ0) is 22.6. The molecule has 162 valence electrons. The molecule has 0 radical (unpaired) electrons. The van der Waals surface area contributed by atoms with Gasteiger partial charge in [0.2, 0.25) is 0 Å². The van der Waals surface area contributed by atoms with Gasteiger partial charge in [0, 0.05) is 0 Å². The SMILES string of the molecule is C=C(S)C(=O)OCCCCC(C(=O)O)c1cc(C(C)(C)C)c(O)c(C(C)(C)C)c1. The minimum Gasteiger partial charge on any atom is -0.507 e. The van der Waals surface area contributed by atoms with Crippen LogP contribution in [0.15, 0.2) is 23.6 Å². The number of ether oxygens (including phenoxy) is 1. The van der Waals surface area contributed by atoms with E-state index in [-0.39, 0.29) is 28.1 Å². The van der Waals surface area contributed by atoms with Gasteiger partial charge in [0.25, 0.3) is 0 Å². The zero-order valence-corrected chi connectivity index (χ0v) is 19.2. The van der Waals surface area contributed by atoms with E-state index in [1.54, 1.807) is 0 Å².